The Bertz CT molecular complexity index is 1350. The lowest BCUT2D eigenvalue weighted by molar-refractivity contribution is 0.391. The monoisotopic (exact) mass is 440 g/mol. The zero-order valence-corrected chi connectivity index (χ0v) is 16.6. The number of rotatable bonds is 4. The summed E-state index contributed by atoms with van der Waals surface area (Å²) in [6.07, 6.45) is 0. The molecule has 156 valence electrons. The summed E-state index contributed by atoms with van der Waals surface area (Å²) < 4.78 is 62.8. The number of hydrogen-bond donors (Lipinski definition) is 1. The normalized spacial score (nSPS) is 15.6. The fourth-order valence-corrected chi connectivity index (χ4v) is 4.23. The number of nitrogens with zero attached hydrogens (tertiary/aromatic N) is 1. The van der Waals surface area contributed by atoms with Gasteiger partial charge in [-0.3, -0.25) is 0 Å². The third-order valence-electron chi connectivity index (χ3n) is 4.71. The zero-order chi connectivity index (χ0) is 22.2. The first kappa shape index (κ1) is 20.4. The molecule has 0 aromatic heterocycles. The summed E-state index contributed by atoms with van der Waals surface area (Å²) in [4.78, 5) is -0.0283. The minimum atomic E-state index is -4.09. The summed E-state index contributed by atoms with van der Waals surface area (Å²) in [6.45, 7) is 0. The molecule has 31 heavy (non-hydrogen) atoms. The smallest absolute Gasteiger partial charge is 0.339 e. The molecular weight excluding hydrogens is 426 g/mol. The first-order chi connectivity index (χ1) is 14.8. The fourth-order valence-electron chi connectivity index (χ4n) is 3.28. The number of nitrogens with two attached hydrogens (primary N) is 1. The van der Waals surface area contributed by atoms with Gasteiger partial charge in [0.1, 0.15) is 28.0 Å². The largest absolute Gasteiger partial charge is 0.440 e. The molecule has 0 amide bonds. The molecule has 0 fully saturated rings. The van der Waals surface area contributed by atoms with Gasteiger partial charge < -0.3 is 14.7 Å². The highest BCUT2D eigenvalue weighted by molar-refractivity contribution is 7.87. The van der Waals surface area contributed by atoms with Crippen LogP contribution in [-0.4, -0.2) is 8.42 Å². The Balaban J connectivity index is 1.76. The van der Waals surface area contributed by atoms with Crippen molar-refractivity contribution in [2.24, 2.45) is 5.73 Å². The van der Waals surface area contributed by atoms with Crippen LogP contribution in [0, 0.1) is 23.0 Å². The first-order valence-electron chi connectivity index (χ1n) is 8.96. The molecule has 0 spiro atoms. The average Bonchev–Trinajstić information content (AvgIpc) is 2.75. The molecule has 1 aliphatic heterocycles. The van der Waals surface area contributed by atoms with Crippen molar-refractivity contribution >= 4 is 10.1 Å². The molecular formula is C22H14F2N2O4S. The van der Waals surface area contributed by atoms with Gasteiger partial charge >= 0.3 is 10.1 Å². The van der Waals surface area contributed by atoms with Gasteiger partial charge in [-0.25, -0.2) is 8.78 Å². The third kappa shape index (κ3) is 3.81. The topological polar surface area (TPSA) is 102 Å². The molecule has 4 rings (SSSR count). The van der Waals surface area contributed by atoms with E-state index in [1.54, 1.807) is 18.2 Å². The SMILES string of the molecule is N#CC1=C(N)Oc2cc(OS(=O)(=O)c3ccccc3)ccc2C1c1ccc(F)c(F)c1. The molecule has 6 nitrogen and oxygen atoms in total. The van der Waals surface area contributed by atoms with Crippen molar-refractivity contribution in [2.75, 3.05) is 0 Å². The minimum Gasteiger partial charge on any atom is -0.440 e. The van der Waals surface area contributed by atoms with Gasteiger partial charge in [0.25, 0.3) is 0 Å². The summed E-state index contributed by atoms with van der Waals surface area (Å²) >= 11 is 0. The molecule has 0 saturated heterocycles. The molecule has 1 atom stereocenters. The van der Waals surface area contributed by atoms with E-state index >= 15 is 0 Å². The fraction of sp³-hybridized carbons (Fsp3) is 0.0455. The van der Waals surface area contributed by atoms with Crippen LogP contribution in [0.1, 0.15) is 17.0 Å². The van der Waals surface area contributed by atoms with E-state index in [1.807, 2.05) is 6.07 Å². The van der Waals surface area contributed by atoms with Crippen molar-refractivity contribution in [3.8, 4) is 17.6 Å². The van der Waals surface area contributed by atoms with E-state index in [-0.39, 0.29) is 33.4 Å². The van der Waals surface area contributed by atoms with Crippen LogP contribution in [0.25, 0.3) is 0 Å². The van der Waals surface area contributed by atoms with Crippen LogP contribution in [0.4, 0.5) is 8.78 Å². The standard InChI is InChI=1S/C22H14F2N2O4S/c23-18-9-6-13(10-19(18)24)21-16-8-7-14(11-20(16)29-22(26)17(21)12-25)30-31(27,28)15-4-2-1-3-5-15/h1-11,21H,26H2. The van der Waals surface area contributed by atoms with E-state index in [0.717, 1.165) is 12.1 Å². The maximum atomic E-state index is 13.8. The Hall–Kier alpha value is -3.90. The van der Waals surface area contributed by atoms with Gasteiger partial charge in [0.15, 0.2) is 11.6 Å². The van der Waals surface area contributed by atoms with Crippen LogP contribution in [0.5, 0.6) is 11.5 Å². The van der Waals surface area contributed by atoms with Crippen molar-refractivity contribution in [2.45, 2.75) is 10.8 Å². The predicted molar refractivity (Wildman–Crippen MR) is 106 cm³/mol. The molecule has 3 aromatic rings. The van der Waals surface area contributed by atoms with Crippen molar-refractivity contribution in [1.82, 2.24) is 0 Å². The molecule has 0 aliphatic carbocycles. The lowest BCUT2D eigenvalue weighted by Gasteiger charge is -2.26. The predicted octanol–water partition coefficient (Wildman–Crippen LogP) is 3.95. The van der Waals surface area contributed by atoms with Gasteiger partial charge in [-0.05, 0) is 35.9 Å². The maximum Gasteiger partial charge on any atom is 0.339 e. The van der Waals surface area contributed by atoms with Crippen molar-refractivity contribution < 1.29 is 26.1 Å². The Kier molecular flexibility index (Phi) is 5.09. The molecule has 2 N–H and O–H groups in total. The Morgan fingerprint density at radius 3 is 2.42 bits per heavy atom. The highest BCUT2D eigenvalue weighted by Crippen LogP contribution is 2.43. The second-order valence-corrected chi connectivity index (χ2v) is 8.19. The molecule has 3 aromatic carbocycles. The number of nitriles is 1. The molecule has 0 radical (unpaired) electrons. The van der Waals surface area contributed by atoms with Gasteiger partial charge in [-0.1, -0.05) is 30.3 Å². The number of allylic oxidation sites excluding steroid dienone is 1. The summed E-state index contributed by atoms with van der Waals surface area (Å²) in [5, 5.41) is 9.54. The number of halogens is 2. The number of hydrogen-bond acceptors (Lipinski definition) is 6. The maximum absolute atomic E-state index is 13.8. The van der Waals surface area contributed by atoms with Crippen LogP contribution in [0.2, 0.25) is 0 Å². The van der Waals surface area contributed by atoms with Crippen LogP contribution in [0.3, 0.4) is 0 Å². The lowest BCUT2D eigenvalue weighted by atomic mass is 9.83. The van der Waals surface area contributed by atoms with E-state index < -0.39 is 27.7 Å². The number of fused-ring (bicyclic) bond motifs is 1. The summed E-state index contributed by atoms with van der Waals surface area (Å²) in [5.41, 5.74) is 6.60. The number of ether oxygens (including phenoxy) is 1. The molecule has 1 unspecified atom stereocenters. The van der Waals surface area contributed by atoms with Crippen molar-refractivity contribution in [1.29, 1.82) is 5.26 Å². The summed E-state index contributed by atoms with van der Waals surface area (Å²) in [6, 6.07) is 17.0. The second-order valence-electron chi connectivity index (χ2n) is 6.65. The average molecular weight is 440 g/mol. The van der Waals surface area contributed by atoms with Crippen LogP contribution in [-0.2, 0) is 10.1 Å². The molecule has 9 heteroatoms. The zero-order valence-electron chi connectivity index (χ0n) is 15.7. The highest BCUT2D eigenvalue weighted by atomic mass is 32.2. The van der Waals surface area contributed by atoms with E-state index in [0.29, 0.717) is 5.56 Å². The number of benzene rings is 3. The van der Waals surface area contributed by atoms with E-state index in [4.69, 9.17) is 14.7 Å². The van der Waals surface area contributed by atoms with E-state index in [2.05, 4.69) is 0 Å². The van der Waals surface area contributed by atoms with E-state index in [1.165, 1.54) is 36.4 Å². The van der Waals surface area contributed by atoms with Gasteiger partial charge in [-0.2, -0.15) is 13.7 Å². The minimum absolute atomic E-state index is 0.0177. The molecule has 0 saturated carbocycles. The van der Waals surface area contributed by atoms with Gasteiger partial charge in [0, 0.05) is 11.6 Å². The van der Waals surface area contributed by atoms with Gasteiger partial charge in [-0.15, -0.1) is 0 Å². The summed E-state index contributed by atoms with van der Waals surface area (Å²) in [7, 11) is -4.09. The Morgan fingerprint density at radius 1 is 1.00 bits per heavy atom. The molecule has 1 aliphatic rings. The third-order valence-corrected chi connectivity index (χ3v) is 5.97. The van der Waals surface area contributed by atoms with Crippen LogP contribution >= 0.6 is 0 Å². The Morgan fingerprint density at radius 2 is 1.74 bits per heavy atom. The molecule has 1 heterocycles. The van der Waals surface area contributed by atoms with E-state index in [9.17, 15) is 22.5 Å². The Labute approximate surface area is 176 Å². The molecule has 0 bridgehead atoms. The quantitative estimate of drug-likeness (QED) is 0.617. The van der Waals surface area contributed by atoms with Crippen LogP contribution < -0.4 is 14.7 Å². The van der Waals surface area contributed by atoms with Gasteiger partial charge in [0.05, 0.1) is 5.92 Å². The van der Waals surface area contributed by atoms with Crippen molar-refractivity contribution in [3.63, 3.8) is 0 Å². The van der Waals surface area contributed by atoms with Crippen LogP contribution in [0.15, 0.2) is 83.1 Å². The van der Waals surface area contributed by atoms with Gasteiger partial charge in [0.2, 0.25) is 5.88 Å². The summed E-state index contributed by atoms with van der Waals surface area (Å²) in [5.74, 6) is -3.07. The highest BCUT2D eigenvalue weighted by Gasteiger charge is 2.32. The second kappa shape index (κ2) is 7.74. The first-order valence-corrected chi connectivity index (χ1v) is 10.4. The lowest BCUT2D eigenvalue weighted by Crippen LogP contribution is -2.21. The van der Waals surface area contributed by atoms with Crippen molar-refractivity contribution in [3.05, 3.63) is 101 Å².